The molecule has 2 bridgehead atoms. The summed E-state index contributed by atoms with van der Waals surface area (Å²) in [6.07, 6.45) is 1.93. The molecule has 0 spiro atoms. The molecule has 11 heteroatoms. The lowest BCUT2D eigenvalue weighted by Crippen LogP contribution is -2.57. The predicted molar refractivity (Wildman–Crippen MR) is 174 cm³/mol. The number of nitrogens with zero attached hydrogens (tertiary/aromatic N) is 6. The molecule has 0 aliphatic carbocycles. The molecule has 246 valence electrons. The van der Waals surface area contributed by atoms with E-state index in [2.05, 4.69) is 21.7 Å². The molecule has 4 aliphatic rings. The maximum absolute atomic E-state index is 14.0. The van der Waals surface area contributed by atoms with Crippen molar-refractivity contribution < 1.29 is 23.0 Å². The Morgan fingerprint density at radius 3 is 2.48 bits per heavy atom. The van der Waals surface area contributed by atoms with Crippen molar-refractivity contribution in [3.05, 3.63) is 53.2 Å². The second-order valence-corrected chi connectivity index (χ2v) is 14.3. The predicted octanol–water partition coefficient (Wildman–Crippen LogP) is 6.19. The number of alkyl halides is 2. The third-order valence-electron chi connectivity index (χ3n) is 9.94. The fraction of sp³-hybridized carbons (Fsp3) is 0.571. The summed E-state index contributed by atoms with van der Waals surface area (Å²) in [7, 11) is 2.12. The van der Waals surface area contributed by atoms with Gasteiger partial charge in [-0.1, -0.05) is 24.3 Å². The van der Waals surface area contributed by atoms with Crippen LogP contribution in [-0.4, -0.2) is 89.4 Å². The highest BCUT2D eigenvalue weighted by molar-refractivity contribution is 5.95. The number of piperazine rings is 1. The van der Waals surface area contributed by atoms with Gasteiger partial charge in [-0.3, -0.25) is 4.90 Å². The van der Waals surface area contributed by atoms with Crippen LogP contribution in [0.2, 0.25) is 0 Å². The van der Waals surface area contributed by atoms with Crippen LogP contribution in [0, 0.1) is 0 Å². The van der Waals surface area contributed by atoms with Gasteiger partial charge in [0.15, 0.2) is 0 Å². The number of rotatable bonds is 6. The highest BCUT2D eigenvalue weighted by atomic mass is 19.3. The van der Waals surface area contributed by atoms with Crippen molar-refractivity contribution in [3.8, 4) is 6.01 Å². The quantitative estimate of drug-likeness (QED) is 0.318. The van der Waals surface area contributed by atoms with Crippen molar-refractivity contribution in [1.29, 1.82) is 0 Å². The Hall–Kier alpha value is -3.73. The van der Waals surface area contributed by atoms with Gasteiger partial charge in [-0.25, -0.2) is 13.6 Å². The summed E-state index contributed by atoms with van der Waals surface area (Å²) in [5.41, 5.74) is 2.19. The highest BCUT2D eigenvalue weighted by Crippen LogP contribution is 2.39. The summed E-state index contributed by atoms with van der Waals surface area (Å²) in [5.74, 6) is 0.867. The van der Waals surface area contributed by atoms with E-state index in [0.717, 1.165) is 65.8 Å². The van der Waals surface area contributed by atoms with Crippen LogP contribution < -0.4 is 14.5 Å². The lowest BCUT2D eigenvalue weighted by atomic mass is 10.00. The third-order valence-corrected chi connectivity index (χ3v) is 9.94. The molecule has 1 amide bonds. The Morgan fingerprint density at radius 2 is 1.78 bits per heavy atom. The van der Waals surface area contributed by atoms with Crippen LogP contribution >= 0.6 is 0 Å². The van der Waals surface area contributed by atoms with E-state index in [1.807, 2.05) is 49.9 Å². The summed E-state index contributed by atoms with van der Waals surface area (Å²) in [6.45, 7) is 9.70. The van der Waals surface area contributed by atoms with Gasteiger partial charge in [0.05, 0.1) is 24.3 Å². The lowest BCUT2D eigenvalue weighted by molar-refractivity contribution is 0.0122. The standard InChI is InChI=1S/C35H44F2N6O3/c1-35(2,3)46-34(44)43-24-11-12-25(43)19-42(18-24)32-28-13-15-41(30-17-23(31(36)37)16-22-8-5-6-10-27(22)30)20-29(28)38-33(39-32)45-21-26-9-7-14-40(26)4/h5-6,8,10,16-17,24-26,31H,7,9,11-15,18-21H2,1-4H3/t24?,25?,26-/m0/s1. The molecule has 2 unspecified atom stereocenters. The van der Waals surface area contributed by atoms with E-state index in [1.54, 1.807) is 12.1 Å². The SMILES string of the molecule is CN1CCC[C@H]1COc1nc2c(c(N3CC4CCC(C3)N4C(=O)OC(C)(C)C)n1)CCN(c1cc(C(F)F)cc3ccccc13)C2. The van der Waals surface area contributed by atoms with Crippen molar-refractivity contribution >= 4 is 28.4 Å². The van der Waals surface area contributed by atoms with E-state index in [4.69, 9.17) is 19.4 Å². The minimum atomic E-state index is -2.56. The van der Waals surface area contributed by atoms with E-state index in [9.17, 15) is 13.6 Å². The van der Waals surface area contributed by atoms with Crippen molar-refractivity contribution in [2.45, 2.75) is 89.6 Å². The number of ether oxygens (including phenoxy) is 2. The van der Waals surface area contributed by atoms with Crippen LogP contribution in [0.1, 0.15) is 69.7 Å². The van der Waals surface area contributed by atoms with E-state index in [1.165, 1.54) is 0 Å². The van der Waals surface area contributed by atoms with Gasteiger partial charge in [0.2, 0.25) is 0 Å². The maximum Gasteiger partial charge on any atom is 0.410 e. The maximum atomic E-state index is 14.0. The van der Waals surface area contributed by atoms with Crippen LogP contribution in [0.4, 0.5) is 25.1 Å². The van der Waals surface area contributed by atoms with Gasteiger partial charge in [0.1, 0.15) is 18.0 Å². The fourth-order valence-corrected chi connectivity index (χ4v) is 7.67. The number of hydrogen-bond donors (Lipinski definition) is 0. The molecule has 9 nitrogen and oxygen atoms in total. The molecule has 5 heterocycles. The Balaban J connectivity index is 1.21. The van der Waals surface area contributed by atoms with Gasteiger partial charge in [0, 0.05) is 47.9 Å². The van der Waals surface area contributed by atoms with Gasteiger partial charge in [-0.2, -0.15) is 9.97 Å². The average molecular weight is 635 g/mol. The Morgan fingerprint density at radius 1 is 1.02 bits per heavy atom. The summed E-state index contributed by atoms with van der Waals surface area (Å²) in [4.78, 5) is 31.9. The second-order valence-electron chi connectivity index (χ2n) is 14.3. The first kappa shape index (κ1) is 30.9. The molecule has 0 N–H and O–H groups in total. The third kappa shape index (κ3) is 6.06. The van der Waals surface area contributed by atoms with Gasteiger partial charge in [-0.05, 0) is 84.0 Å². The molecular formula is C35H44F2N6O3. The first-order chi connectivity index (χ1) is 22.0. The molecule has 3 fully saturated rings. The number of hydrogen-bond acceptors (Lipinski definition) is 8. The number of aromatic nitrogens is 2. The topological polar surface area (TPSA) is 74.3 Å². The molecule has 2 aromatic carbocycles. The van der Waals surface area contributed by atoms with Crippen LogP contribution in [0.15, 0.2) is 36.4 Å². The van der Waals surface area contributed by atoms with Crippen molar-refractivity contribution in [2.75, 3.05) is 49.6 Å². The zero-order valence-electron chi connectivity index (χ0n) is 27.2. The van der Waals surface area contributed by atoms with Crippen molar-refractivity contribution in [3.63, 3.8) is 0 Å². The molecule has 3 atom stereocenters. The number of benzene rings is 2. The first-order valence-electron chi connectivity index (χ1n) is 16.6. The number of likely N-dealkylation sites (N-methyl/N-ethyl adjacent to an activating group) is 1. The number of carbonyl (C=O) groups excluding carboxylic acids is 1. The smallest absolute Gasteiger partial charge is 0.410 e. The monoisotopic (exact) mass is 634 g/mol. The normalized spacial score (nSPS) is 23.4. The van der Waals surface area contributed by atoms with Crippen molar-refractivity contribution in [1.82, 2.24) is 19.8 Å². The van der Waals surface area contributed by atoms with Gasteiger partial charge >= 0.3 is 12.1 Å². The Labute approximate surface area is 269 Å². The average Bonchev–Trinajstić information content (AvgIpc) is 3.56. The molecule has 3 aromatic rings. The van der Waals surface area contributed by atoms with Crippen molar-refractivity contribution in [2.24, 2.45) is 0 Å². The number of carbonyl (C=O) groups is 1. The number of fused-ring (bicyclic) bond motifs is 4. The molecular weight excluding hydrogens is 590 g/mol. The highest BCUT2D eigenvalue weighted by Gasteiger charge is 2.45. The zero-order chi connectivity index (χ0) is 32.2. The lowest BCUT2D eigenvalue weighted by Gasteiger charge is -2.43. The molecule has 0 radical (unpaired) electrons. The van der Waals surface area contributed by atoms with E-state index < -0.39 is 12.0 Å². The Bertz CT molecular complexity index is 1600. The molecule has 0 saturated carbocycles. The molecule has 46 heavy (non-hydrogen) atoms. The Kier molecular flexibility index (Phi) is 8.15. The minimum absolute atomic E-state index is 0.0194. The fourth-order valence-electron chi connectivity index (χ4n) is 7.67. The van der Waals surface area contributed by atoms with Gasteiger partial charge < -0.3 is 24.2 Å². The van der Waals surface area contributed by atoms with Crippen LogP contribution in [0.25, 0.3) is 10.8 Å². The second kappa shape index (κ2) is 12.1. The number of halogens is 2. The minimum Gasteiger partial charge on any atom is -0.462 e. The summed E-state index contributed by atoms with van der Waals surface area (Å²) < 4.78 is 40.0. The largest absolute Gasteiger partial charge is 0.462 e. The molecule has 3 saturated heterocycles. The first-order valence-corrected chi connectivity index (χ1v) is 16.6. The summed E-state index contributed by atoms with van der Waals surface area (Å²) in [6, 6.07) is 11.7. The number of anilines is 2. The number of likely N-dealkylation sites (tertiary alicyclic amines) is 1. The van der Waals surface area contributed by atoms with Crippen LogP contribution in [0.5, 0.6) is 6.01 Å². The van der Waals surface area contributed by atoms with Crippen LogP contribution in [-0.2, 0) is 17.7 Å². The van der Waals surface area contributed by atoms with E-state index >= 15 is 0 Å². The van der Waals surface area contributed by atoms with Gasteiger partial charge in [-0.15, -0.1) is 0 Å². The molecule has 4 aliphatic heterocycles. The van der Waals surface area contributed by atoms with Crippen LogP contribution in [0.3, 0.4) is 0 Å². The summed E-state index contributed by atoms with van der Waals surface area (Å²) in [5, 5.41) is 1.74. The molecule has 7 rings (SSSR count). The number of amides is 1. The zero-order valence-corrected chi connectivity index (χ0v) is 27.2. The summed E-state index contributed by atoms with van der Waals surface area (Å²) >= 11 is 0. The molecule has 1 aromatic heterocycles. The van der Waals surface area contributed by atoms with Gasteiger partial charge in [0.25, 0.3) is 6.43 Å². The van der Waals surface area contributed by atoms with E-state index in [-0.39, 0.29) is 23.7 Å². The van der Waals surface area contributed by atoms with E-state index in [0.29, 0.717) is 51.3 Å².